The first-order valence-electron chi connectivity index (χ1n) is 6.43. The van der Waals surface area contributed by atoms with Gasteiger partial charge in [-0.1, -0.05) is 0 Å². The van der Waals surface area contributed by atoms with E-state index in [1.54, 1.807) is 0 Å². The van der Waals surface area contributed by atoms with E-state index in [1.165, 1.54) is 0 Å². The number of H-pyrrole nitrogens is 2. The van der Waals surface area contributed by atoms with E-state index in [0.717, 1.165) is 23.5 Å². The number of rotatable bonds is 4. The molecule has 0 aliphatic heterocycles. The Morgan fingerprint density at radius 2 is 2.15 bits per heavy atom. The number of nitrogens with one attached hydrogen (secondary N) is 3. The third-order valence-electron chi connectivity index (χ3n) is 3.23. The van der Waals surface area contributed by atoms with Crippen LogP contribution in [0.1, 0.15) is 47.5 Å². The zero-order chi connectivity index (χ0) is 14.9. The number of aromatic amines is 2. The lowest BCUT2D eigenvalue weighted by Crippen LogP contribution is -2.28. The Morgan fingerprint density at radius 1 is 1.45 bits per heavy atom. The molecule has 2 rings (SSSR count). The monoisotopic (exact) mass is 278 g/mol. The van der Waals surface area contributed by atoms with Gasteiger partial charge in [0.05, 0.1) is 11.7 Å². The van der Waals surface area contributed by atoms with E-state index >= 15 is 0 Å². The summed E-state index contributed by atoms with van der Waals surface area (Å²) >= 11 is 0. The summed E-state index contributed by atoms with van der Waals surface area (Å²) in [5.41, 5.74) is 2.38. The minimum atomic E-state index is -0.506. The Morgan fingerprint density at radius 3 is 2.65 bits per heavy atom. The molecule has 0 saturated heterocycles. The van der Waals surface area contributed by atoms with Gasteiger partial charge in [-0.25, -0.2) is 9.89 Å². The smallest absolute Gasteiger partial charge is 0.341 e. The molecule has 2 aromatic rings. The lowest BCUT2D eigenvalue weighted by Gasteiger charge is -2.13. The van der Waals surface area contributed by atoms with Gasteiger partial charge in [0.2, 0.25) is 5.82 Å². The van der Waals surface area contributed by atoms with Gasteiger partial charge < -0.3 is 5.32 Å². The molecule has 3 N–H and O–H groups in total. The summed E-state index contributed by atoms with van der Waals surface area (Å²) in [5, 5.41) is 13.0. The van der Waals surface area contributed by atoms with E-state index in [-0.39, 0.29) is 11.9 Å². The quantitative estimate of drug-likeness (QED) is 0.753. The maximum absolute atomic E-state index is 11.9. The third-order valence-corrected chi connectivity index (χ3v) is 3.23. The van der Waals surface area contributed by atoms with Crippen LogP contribution in [0.15, 0.2) is 4.79 Å². The molecule has 8 nitrogen and oxygen atoms in total. The average Bonchev–Trinajstić information content (AvgIpc) is 2.93. The number of aromatic nitrogens is 5. The highest BCUT2D eigenvalue weighted by atomic mass is 16.2. The van der Waals surface area contributed by atoms with Gasteiger partial charge in [-0.05, 0) is 27.7 Å². The zero-order valence-corrected chi connectivity index (χ0v) is 11.9. The number of carbonyl (C=O) groups excluding carboxylic acids is 1. The van der Waals surface area contributed by atoms with Gasteiger partial charge in [0.25, 0.3) is 5.91 Å². The van der Waals surface area contributed by atoms with Crippen molar-refractivity contribution in [2.75, 3.05) is 0 Å². The summed E-state index contributed by atoms with van der Waals surface area (Å²) in [5.74, 6) is -0.459. The number of aryl methyl sites for hydroxylation is 2. The molecule has 20 heavy (non-hydrogen) atoms. The van der Waals surface area contributed by atoms with E-state index in [1.807, 2.05) is 32.4 Å². The summed E-state index contributed by atoms with van der Waals surface area (Å²) in [6.45, 7) is 8.55. The molecule has 0 aliphatic carbocycles. The Balaban J connectivity index is 2.20. The molecule has 1 unspecified atom stereocenters. The van der Waals surface area contributed by atoms with Gasteiger partial charge in [0, 0.05) is 17.8 Å². The maximum atomic E-state index is 11.9. The molecule has 1 atom stereocenters. The Bertz CT molecular complexity index is 680. The highest BCUT2D eigenvalue weighted by molar-refractivity contribution is 5.90. The molecular formula is C12H18N6O2. The summed E-state index contributed by atoms with van der Waals surface area (Å²) in [7, 11) is 0. The lowest BCUT2D eigenvalue weighted by molar-refractivity contribution is 0.0929. The molecule has 108 valence electrons. The largest absolute Gasteiger partial charge is 0.343 e. The second-order valence-corrected chi connectivity index (χ2v) is 4.62. The van der Waals surface area contributed by atoms with Gasteiger partial charge in [0.1, 0.15) is 0 Å². The third kappa shape index (κ3) is 2.49. The second-order valence-electron chi connectivity index (χ2n) is 4.62. The van der Waals surface area contributed by atoms with E-state index < -0.39 is 11.6 Å². The van der Waals surface area contributed by atoms with Crippen LogP contribution in [0.4, 0.5) is 0 Å². The fourth-order valence-electron chi connectivity index (χ4n) is 2.36. The summed E-state index contributed by atoms with van der Waals surface area (Å²) < 4.78 is 1.89. The van der Waals surface area contributed by atoms with Crippen molar-refractivity contribution in [2.24, 2.45) is 0 Å². The lowest BCUT2D eigenvalue weighted by atomic mass is 10.1. The summed E-state index contributed by atoms with van der Waals surface area (Å²) in [6.07, 6.45) is 0. The van der Waals surface area contributed by atoms with Gasteiger partial charge in [0.15, 0.2) is 0 Å². The molecule has 2 heterocycles. The number of hydrogen-bond donors (Lipinski definition) is 3. The van der Waals surface area contributed by atoms with Gasteiger partial charge in [-0.3, -0.25) is 14.5 Å². The SMILES string of the molecule is CCn1nc(C)c(C(C)NC(=O)c2n[nH]c(=O)[nH]2)c1C. The zero-order valence-electron chi connectivity index (χ0n) is 11.9. The maximum Gasteiger partial charge on any atom is 0.341 e. The second kappa shape index (κ2) is 5.32. The normalized spacial score (nSPS) is 12.4. The van der Waals surface area contributed by atoms with Crippen molar-refractivity contribution in [1.82, 2.24) is 30.3 Å². The van der Waals surface area contributed by atoms with Crippen LogP contribution in [-0.2, 0) is 6.54 Å². The minimum Gasteiger partial charge on any atom is -0.343 e. The predicted molar refractivity (Wildman–Crippen MR) is 72.5 cm³/mol. The first-order chi connectivity index (χ1) is 9.43. The van der Waals surface area contributed by atoms with E-state index in [4.69, 9.17) is 0 Å². The number of hydrogen-bond acceptors (Lipinski definition) is 4. The number of nitrogens with zero attached hydrogens (tertiary/aromatic N) is 3. The Hall–Kier alpha value is -2.38. The van der Waals surface area contributed by atoms with Gasteiger partial charge >= 0.3 is 5.69 Å². The van der Waals surface area contributed by atoms with Gasteiger partial charge in [-0.2, -0.15) is 5.10 Å². The molecule has 0 spiro atoms. The van der Waals surface area contributed by atoms with Crippen molar-refractivity contribution in [3.05, 3.63) is 33.3 Å². The molecule has 0 fully saturated rings. The molecule has 1 amide bonds. The van der Waals surface area contributed by atoms with Crippen molar-refractivity contribution in [1.29, 1.82) is 0 Å². The van der Waals surface area contributed by atoms with Crippen LogP contribution in [0.3, 0.4) is 0 Å². The van der Waals surface area contributed by atoms with Crippen LogP contribution < -0.4 is 11.0 Å². The molecular weight excluding hydrogens is 260 g/mol. The van der Waals surface area contributed by atoms with E-state index in [0.29, 0.717) is 0 Å². The van der Waals surface area contributed by atoms with Crippen LogP contribution in [0.5, 0.6) is 0 Å². The molecule has 8 heteroatoms. The molecule has 0 aromatic carbocycles. The highest BCUT2D eigenvalue weighted by Crippen LogP contribution is 2.21. The van der Waals surface area contributed by atoms with Crippen LogP contribution in [0.2, 0.25) is 0 Å². The minimum absolute atomic E-state index is 0.0277. The van der Waals surface area contributed by atoms with Crippen molar-refractivity contribution < 1.29 is 4.79 Å². The molecule has 0 radical (unpaired) electrons. The van der Waals surface area contributed by atoms with Gasteiger partial charge in [-0.15, -0.1) is 5.10 Å². The molecule has 2 aromatic heterocycles. The van der Waals surface area contributed by atoms with E-state index in [2.05, 4.69) is 25.6 Å². The Labute approximate surface area is 115 Å². The van der Waals surface area contributed by atoms with Crippen molar-refractivity contribution in [2.45, 2.75) is 40.3 Å². The first kappa shape index (κ1) is 14.0. The van der Waals surface area contributed by atoms with Crippen LogP contribution >= 0.6 is 0 Å². The van der Waals surface area contributed by atoms with Crippen LogP contribution in [0.25, 0.3) is 0 Å². The molecule has 0 aliphatic rings. The standard InChI is InChI=1S/C12H18N6O2/c1-5-18-8(4)9(7(3)17-18)6(2)13-11(19)10-14-12(20)16-15-10/h6H,5H2,1-4H3,(H,13,19)(H2,14,15,16,20). The fraction of sp³-hybridized carbons (Fsp3) is 0.500. The highest BCUT2D eigenvalue weighted by Gasteiger charge is 2.20. The molecule has 0 saturated carbocycles. The molecule has 0 bridgehead atoms. The number of carbonyl (C=O) groups is 1. The topological polar surface area (TPSA) is 108 Å². The van der Waals surface area contributed by atoms with Crippen molar-refractivity contribution >= 4 is 5.91 Å². The number of amides is 1. The first-order valence-corrected chi connectivity index (χ1v) is 6.43. The van der Waals surface area contributed by atoms with Crippen molar-refractivity contribution in [3.63, 3.8) is 0 Å². The van der Waals surface area contributed by atoms with Crippen molar-refractivity contribution in [3.8, 4) is 0 Å². The van der Waals surface area contributed by atoms with Crippen LogP contribution in [0, 0.1) is 13.8 Å². The summed E-state index contributed by atoms with van der Waals surface area (Å²) in [4.78, 5) is 25.2. The summed E-state index contributed by atoms with van der Waals surface area (Å²) in [6, 6.07) is -0.219. The fourth-order valence-corrected chi connectivity index (χ4v) is 2.36. The predicted octanol–water partition coefficient (Wildman–Crippen LogP) is 0.422. The Kier molecular flexibility index (Phi) is 3.73. The average molecular weight is 278 g/mol. The van der Waals surface area contributed by atoms with E-state index in [9.17, 15) is 9.59 Å². The van der Waals surface area contributed by atoms with Crippen LogP contribution in [-0.4, -0.2) is 30.9 Å².